The molecule has 0 radical (unpaired) electrons. The molecule has 3 rings (SSSR count). The number of rotatable bonds is 6. The van der Waals surface area contributed by atoms with Crippen LogP contribution in [-0.2, 0) is 0 Å². The van der Waals surface area contributed by atoms with Crippen molar-refractivity contribution in [3.63, 3.8) is 0 Å². The number of hydrogen-bond donors (Lipinski definition) is 1. The first-order chi connectivity index (χ1) is 9.81. The van der Waals surface area contributed by atoms with Gasteiger partial charge in [-0.25, -0.2) is 14.4 Å². The van der Waals surface area contributed by atoms with Gasteiger partial charge in [-0.3, -0.25) is 0 Å². The maximum absolute atomic E-state index is 12.7. The lowest BCUT2D eigenvalue weighted by atomic mass is 10.3. The van der Waals surface area contributed by atoms with E-state index >= 15 is 0 Å². The van der Waals surface area contributed by atoms with Gasteiger partial charge in [0, 0.05) is 12.1 Å². The first-order valence-corrected chi connectivity index (χ1v) is 6.76. The Hall–Kier alpha value is -2.17. The summed E-state index contributed by atoms with van der Waals surface area (Å²) in [6.45, 7) is 1.13. The van der Waals surface area contributed by atoms with Crippen LogP contribution in [0, 0.1) is 5.82 Å². The number of benzene rings is 1. The van der Waals surface area contributed by atoms with Crippen LogP contribution in [0.25, 0.3) is 0 Å². The monoisotopic (exact) mass is 273 g/mol. The highest BCUT2D eigenvalue weighted by atomic mass is 19.1. The molecule has 1 heterocycles. The van der Waals surface area contributed by atoms with Crippen LogP contribution in [0.3, 0.4) is 0 Å². The Morgan fingerprint density at radius 2 is 2.00 bits per heavy atom. The largest absolute Gasteiger partial charge is 0.492 e. The molecule has 0 bridgehead atoms. The molecule has 1 N–H and O–H groups in total. The fraction of sp³-hybridized carbons (Fsp3) is 0.333. The average molecular weight is 273 g/mol. The third kappa shape index (κ3) is 3.44. The van der Waals surface area contributed by atoms with Gasteiger partial charge >= 0.3 is 0 Å². The van der Waals surface area contributed by atoms with Gasteiger partial charge in [-0.15, -0.1) is 0 Å². The molecule has 1 aromatic carbocycles. The third-order valence-electron chi connectivity index (χ3n) is 3.11. The Morgan fingerprint density at radius 3 is 2.75 bits per heavy atom. The van der Waals surface area contributed by atoms with Crippen molar-refractivity contribution >= 4 is 5.82 Å². The van der Waals surface area contributed by atoms with E-state index in [1.54, 1.807) is 18.3 Å². The molecule has 0 saturated heterocycles. The Morgan fingerprint density at radius 1 is 1.20 bits per heavy atom. The van der Waals surface area contributed by atoms with Crippen molar-refractivity contribution in [2.75, 3.05) is 18.5 Å². The highest BCUT2D eigenvalue weighted by Gasteiger charge is 2.26. The van der Waals surface area contributed by atoms with Crippen LogP contribution < -0.4 is 10.1 Å². The van der Waals surface area contributed by atoms with Crippen molar-refractivity contribution in [1.29, 1.82) is 0 Å². The molecule has 2 aromatic rings. The minimum absolute atomic E-state index is 0.260. The van der Waals surface area contributed by atoms with Gasteiger partial charge in [0.05, 0.1) is 6.54 Å². The maximum Gasteiger partial charge on any atom is 0.133 e. The van der Waals surface area contributed by atoms with E-state index in [2.05, 4.69) is 15.3 Å². The molecule has 0 aliphatic heterocycles. The fourth-order valence-electron chi connectivity index (χ4n) is 1.89. The van der Waals surface area contributed by atoms with Crippen LogP contribution in [0.5, 0.6) is 5.75 Å². The van der Waals surface area contributed by atoms with Crippen molar-refractivity contribution in [3.8, 4) is 5.75 Å². The molecule has 0 spiro atoms. The topological polar surface area (TPSA) is 47.0 Å². The van der Waals surface area contributed by atoms with Crippen LogP contribution >= 0.6 is 0 Å². The van der Waals surface area contributed by atoms with E-state index in [1.165, 1.54) is 25.0 Å². The average Bonchev–Trinajstić information content (AvgIpc) is 3.30. The van der Waals surface area contributed by atoms with E-state index in [-0.39, 0.29) is 5.82 Å². The van der Waals surface area contributed by atoms with E-state index in [0.29, 0.717) is 24.8 Å². The zero-order valence-corrected chi connectivity index (χ0v) is 11.1. The number of nitrogens with zero attached hydrogens (tertiary/aromatic N) is 2. The Balaban J connectivity index is 1.45. The SMILES string of the molecule is Fc1ccc(OCCNc2ccnc(C3CC3)n2)cc1. The molecule has 20 heavy (non-hydrogen) atoms. The summed E-state index contributed by atoms with van der Waals surface area (Å²) in [6.07, 6.45) is 4.16. The highest BCUT2D eigenvalue weighted by molar-refractivity contribution is 5.33. The summed E-state index contributed by atoms with van der Waals surface area (Å²) < 4.78 is 18.2. The lowest BCUT2D eigenvalue weighted by Crippen LogP contribution is -2.13. The summed E-state index contributed by atoms with van der Waals surface area (Å²) in [7, 11) is 0. The van der Waals surface area contributed by atoms with Crippen LogP contribution in [0.2, 0.25) is 0 Å². The summed E-state index contributed by atoms with van der Waals surface area (Å²) in [4.78, 5) is 8.73. The summed E-state index contributed by atoms with van der Waals surface area (Å²) >= 11 is 0. The molecule has 1 aliphatic carbocycles. The number of halogens is 1. The van der Waals surface area contributed by atoms with Crippen molar-refractivity contribution in [1.82, 2.24) is 9.97 Å². The second-order valence-electron chi connectivity index (χ2n) is 4.80. The highest BCUT2D eigenvalue weighted by Crippen LogP contribution is 2.37. The minimum Gasteiger partial charge on any atom is -0.492 e. The predicted octanol–water partition coefficient (Wildman–Crippen LogP) is 2.98. The standard InChI is InChI=1S/C15H16FN3O/c16-12-3-5-13(6-4-12)20-10-9-17-14-7-8-18-15(19-14)11-1-2-11/h3-8,11H,1-2,9-10H2,(H,17,18,19). The Kier molecular flexibility index (Phi) is 3.76. The Bertz CT molecular complexity index is 570. The third-order valence-corrected chi connectivity index (χ3v) is 3.11. The van der Waals surface area contributed by atoms with Gasteiger partial charge in [0.25, 0.3) is 0 Å². The second-order valence-corrected chi connectivity index (χ2v) is 4.80. The van der Waals surface area contributed by atoms with Gasteiger partial charge in [-0.05, 0) is 43.2 Å². The maximum atomic E-state index is 12.7. The Labute approximate surface area is 117 Å². The first-order valence-electron chi connectivity index (χ1n) is 6.76. The quantitative estimate of drug-likeness (QED) is 0.822. The first kappa shape index (κ1) is 12.8. The molecule has 1 aromatic heterocycles. The molecular formula is C15H16FN3O. The zero-order chi connectivity index (χ0) is 13.8. The number of aromatic nitrogens is 2. The number of anilines is 1. The number of hydrogen-bond acceptors (Lipinski definition) is 4. The number of nitrogens with one attached hydrogen (secondary N) is 1. The summed E-state index contributed by atoms with van der Waals surface area (Å²) in [6, 6.07) is 7.85. The summed E-state index contributed by atoms with van der Waals surface area (Å²) in [5, 5.41) is 3.20. The molecule has 104 valence electrons. The molecule has 1 saturated carbocycles. The molecule has 0 atom stereocenters. The second kappa shape index (κ2) is 5.86. The molecule has 4 nitrogen and oxygen atoms in total. The van der Waals surface area contributed by atoms with Gasteiger partial charge in [-0.1, -0.05) is 0 Å². The van der Waals surface area contributed by atoms with E-state index in [9.17, 15) is 4.39 Å². The van der Waals surface area contributed by atoms with E-state index in [1.807, 2.05) is 6.07 Å². The summed E-state index contributed by atoms with van der Waals surface area (Å²) in [5.41, 5.74) is 0. The van der Waals surface area contributed by atoms with Gasteiger partial charge in [-0.2, -0.15) is 0 Å². The molecule has 5 heteroatoms. The van der Waals surface area contributed by atoms with Crippen molar-refractivity contribution < 1.29 is 9.13 Å². The zero-order valence-electron chi connectivity index (χ0n) is 11.1. The lowest BCUT2D eigenvalue weighted by molar-refractivity contribution is 0.332. The fourth-order valence-corrected chi connectivity index (χ4v) is 1.89. The van der Waals surface area contributed by atoms with Crippen molar-refractivity contribution in [2.45, 2.75) is 18.8 Å². The van der Waals surface area contributed by atoms with Gasteiger partial charge in [0.2, 0.25) is 0 Å². The molecule has 0 unspecified atom stereocenters. The van der Waals surface area contributed by atoms with E-state index in [0.717, 1.165) is 11.6 Å². The number of ether oxygens (including phenoxy) is 1. The summed E-state index contributed by atoms with van der Waals surface area (Å²) in [5.74, 6) is 2.70. The molecule has 0 amide bonds. The van der Waals surface area contributed by atoms with Crippen molar-refractivity contribution in [2.24, 2.45) is 0 Å². The van der Waals surface area contributed by atoms with Crippen LogP contribution in [0.4, 0.5) is 10.2 Å². The van der Waals surface area contributed by atoms with Crippen molar-refractivity contribution in [3.05, 3.63) is 48.2 Å². The van der Waals surface area contributed by atoms with Gasteiger partial charge < -0.3 is 10.1 Å². The van der Waals surface area contributed by atoms with E-state index in [4.69, 9.17) is 4.74 Å². The minimum atomic E-state index is -0.260. The van der Waals surface area contributed by atoms with Crippen LogP contribution in [-0.4, -0.2) is 23.1 Å². The molecular weight excluding hydrogens is 257 g/mol. The van der Waals surface area contributed by atoms with Crippen LogP contribution in [0.15, 0.2) is 36.5 Å². The predicted molar refractivity (Wildman–Crippen MR) is 74.4 cm³/mol. The smallest absolute Gasteiger partial charge is 0.133 e. The molecule has 1 fully saturated rings. The lowest BCUT2D eigenvalue weighted by Gasteiger charge is -2.08. The normalized spacial score (nSPS) is 14.1. The van der Waals surface area contributed by atoms with Gasteiger partial charge in [0.1, 0.15) is 29.8 Å². The van der Waals surface area contributed by atoms with Crippen LogP contribution in [0.1, 0.15) is 24.6 Å². The van der Waals surface area contributed by atoms with E-state index < -0.39 is 0 Å². The van der Waals surface area contributed by atoms with Gasteiger partial charge in [0.15, 0.2) is 0 Å². The molecule has 1 aliphatic rings.